The molecule has 0 aliphatic heterocycles. The van der Waals surface area contributed by atoms with E-state index in [0.717, 1.165) is 12.8 Å². The molecule has 73 valence electrons. The van der Waals surface area contributed by atoms with Gasteiger partial charge >= 0.3 is 5.97 Å². The van der Waals surface area contributed by atoms with Crippen LogP contribution in [-0.4, -0.2) is 23.5 Å². The molecule has 0 heterocycles. The largest absolute Gasteiger partial charge is 0.527 e. The quantitative estimate of drug-likeness (QED) is 0.568. The molecule has 1 saturated carbocycles. The first-order valence-electron chi connectivity index (χ1n) is 3.61. The molecule has 0 spiro atoms. The maximum Gasteiger partial charge on any atom is 0.308 e. The third-order valence-corrected chi connectivity index (χ3v) is 2.08. The Kier molecular flexibility index (Phi) is 8.89. The van der Waals surface area contributed by atoms with Crippen molar-refractivity contribution in [3.8, 4) is 0 Å². The molecule has 2 N–H and O–H groups in total. The van der Waals surface area contributed by atoms with Gasteiger partial charge < -0.3 is 22.6 Å². The van der Waals surface area contributed by atoms with E-state index in [-0.39, 0.29) is 46.2 Å². The minimum Gasteiger partial charge on any atom is -0.527 e. The van der Waals surface area contributed by atoms with Crippen molar-refractivity contribution in [3.63, 3.8) is 0 Å². The molecule has 0 saturated heterocycles. The zero-order valence-electron chi connectivity index (χ0n) is 7.62. The number of aliphatic carboxylic acids is 1. The van der Waals surface area contributed by atoms with Crippen LogP contribution in [0.3, 0.4) is 0 Å². The summed E-state index contributed by atoms with van der Waals surface area (Å²) >= 11 is 0. The van der Waals surface area contributed by atoms with Gasteiger partial charge in [-0.1, -0.05) is 6.42 Å². The molecule has 0 aromatic heterocycles. The Morgan fingerprint density at radius 1 is 1.46 bits per heavy atom. The molecule has 13 heavy (non-hydrogen) atoms. The summed E-state index contributed by atoms with van der Waals surface area (Å²) in [5.74, 6) is -1.23. The molecule has 5 heteroatoms. The third kappa shape index (κ3) is 4.18. The van der Waals surface area contributed by atoms with Crippen LogP contribution in [0.5, 0.6) is 0 Å². The fourth-order valence-corrected chi connectivity index (χ4v) is 1.50. The first-order valence-corrected chi connectivity index (χ1v) is 3.61. The van der Waals surface area contributed by atoms with Gasteiger partial charge in [0, 0.05) is 38.8 Å². The number of carbonyl (C=O) groups excluding carboxylic acids is 1. The molecule has 1 fully saturated rings. The average molecular weight is 260 g/mol. The van der Waals surface area contributed by atoms with Crippen LogP contribution < -0.4 is 5.32 Å². The smallest absolute Gasteiger partial charge is 0.308 e. The Bertz CT molecular complexity index is 175. The molecule has 4 nitrogen and oxygen atoms in total. The standard InChI is InChI=1S/C7H10NO3.CH3.Y/c9-4-8-6-3-1-2-5(6)7(10)11;;/h5-6H,1-3H2,(H,8,9)(H,10,11);1H3;/q2*-1;/t5-,6+;;/m0../s1. The number of hydrogen-bond donors (Lipinski definition) is 2. The van der Waals surface area contributed by atoms with Crippen LogP contribution in [0.2, 0.25) is 0 Å². The van der Waals surface area contributed by atoms with Crippen molar-refractivity contribution in [2.75, 3.05) is 0 Å². The van der Waals surface area contributed by atoms with E-state index in [9.17, 15) is 9.59 Å². The summed E-state index contributed by atoms with van der Waals surface area (Å²) < 4.78 is 0. The van der Waals surface area contributed by atoms with Crippen LogP contribution >= 0.6 is 0 Å². The van der Waals surface area contributed by atoms with Crippen LogP contribution in [0.15, 0.2) is 0 Å². The fourth-order valence-electron chi connectivity index (χ4n) is 1.50. The van der Waals surface area contributed by atoms with Gasteiger partial charge in [-0.05, 0) is 12.8 Å². The van der Waals surface area contributed by atoms with Crippen molar-refractivity contribution in [3.05, 3.63) is 7.43 Å². The second kappa shape index (κ2) is 7.45. The van der Waals surface area contributed by atoms with Gasteiger partial charge in [-0.25, -0.2) is 0 Å². The summed E-state index contributed by atoms with van der Waals surface area (Å²) in [5.41, 5.74) is 0. The third-order valence-electron chi connectivity index (χ3n) is 2.08. The summed E-state index contributed by atoms with van der Waals surface area (Å²) in [4.78, 5) is 20.4. The van der Waals surface area contributed by atoms with E-state index in [1.54, 1.807) is 0 Å². The molecular formula is C8H13NO3Y-2. The van der Waals surface area contributed by atoms with E-state index in [0.29, 0.717) is 6.42 Å². The van der Waals surface area contributed by atoms with Crippen molar-refractivity contribution in [1.82, 2.24) is 5.32 Å². The van der Waals surface area contributed by atoms with Crippen molar-refractivity contribution >= 4 is 12.4 Å². The van der Waals surface area contributed by atoms with Crippen LogP contribution in [0, 0.1) is 13.3 Å². The van der Waals surface area contributed by atoms with E-state index in [2.05, 4.69) is 5.32 Å². The topological polar surface area (TPSA) is 66.4 Å². The minimum atomic E-state index is -0.824. The Labute approximate surface area is 103 Å². The van der Waals surface area contributed by atoms with Gasteiger partial charge in [0.1, 0.15) is 0 Å². The predicted molar refractivity (Wildman–Crippen MR) is 44.0 cm³/mol. The molecule has 0 aromatic rings. The second-order valence-electron chi connectivity index (χ2n) is 2.73. The molecule has 0 unspecified atom stereocenters. The number of rotatable bonds is 3. The Morgan fingerprint density at radius 3 is 2.54 bits per heavy atom. The number of nitrogens with one attached hydrogen (secondary N) is 1. The Balaban J connectivity index is 0. The molecule has 1 amide bonds. The van der Waals surface area contributed by atoms with Crippen LogP contribution in [0.1, 0.15) is 19.3 Å². The van der Waals surface area contributed by atoms with E-state index < -0.39 is 11.9 Å². The molecule has 0 aromatic carbocycles. The van der Waals surface area contributed by atoms with Crippen LogP contribution in [0.4, 0.5) is 0 Å². The Morgan fingerprint density at radius 2 is 2.08 bits per heavy atom. The van der Waals surface area contributed by atoms with Gasteiger partial charge in [-0.2, -0.15) is 6.41 Å². The molecule has 1 aliphatic carbocycles. The summed E-state index contributed by atoms with van der Waals surface area (Å²) in [5, 5.41) is 11.0. The van der Waals surface area contributed by atoms with Crippen molar-refractivity contribution in [2.45, 2.75) is 25.3 Å². The average Bonchev–Trinajstić information content (AvgIpc) is 2.36. The van der Waals surface area contributed by atoms with Gasteiger partial charge in [0.25, 0.3) is 0 Å². The van der Waals surface area contributed by atoms with Gasteiger partial charge in [-0.15, -0.1) is 0 Å². The summed E-state index contributed by atoms with van der Waals surface area (Å²) in [6, 6.07) is -0.204. The van der Waals surface area contributed by atoms with Crippen molar-refractivity contribution in [1.29, 1.82) is 0 Å². The van der Waals surface area contributed by atoms with E-state index >= 15 is 0 Å². The summed E-state index contributed by atoms with van der Waals surface area (Å²) in [7, 11) is 0. The second-order valence-corrected chi connectivity index (χ2v) is 2.73. The van der Waals surface area contributed by atoms with Gasteiger partial charge in [0.2, 0.25) is 0 Å². The number of amides is 1. The first kappa shape index (κ1) is 15.5. The number of hydrogen-bond acceptors (Lipinski definition) is 2. The number of carboxylic acids is 1. The van der Waals surface area contributed by atoms with Gasteiger partial charge in [-0.3, -0.25) is 4.79 Å². The maximum absolute atomic E-state index is 10.5. The number of carboxylic acid groups (broad SMARTS) is 1. The van der Waals surface area contributed by atoms with E-state index in [1.807, 2.05) is 0 Å². The Hall–Kier alpha value is 0.0439. The van der Waals surface area contributed by atoms with E-state index in [1.165, 1.54) is 6.41 Å². The predicted octanol–water partition coefficient (Wildman–Crippen LogP) is 0.344. The molecular weight excluding hydrogens is 247 g/mol. The summed E-state index contributed by atoms with van der Waals surface area (Å²) in [6.07, 6.45) is 3.82. The SMILES string of the molecule is O=[C-]N[C@@H]1CCC[C@@H]1C(=O)O.[CH3-].[Y]. The normalized spacial score (nSPS) is 25.2. The number of carbonyl (C=O) groups is 1. The van der Waals surface area contributed by atoms with E-state index in [4.69, 9.17) is 5.11 Å². The first-order chi connectivity index (χ1) is 5.25. The molecule has 1 rings (SSSR count). The maximum atomic E-state index is 10.5. The zero-order valence-corrected chi connectivity index (χ0v) is 10.5. The van der Waals surface area contributed by atoms with Crippen molar-refractivity contribution < 1.29 is 47.4 Å². The van der Waals surface area contributed by atoms with Crippen LogP contribution in [0.25, 0.3) is 0 Å². The van der Waals surface area contributed by atoms with Gasteiger partial charge in [0.15, 0.2) is 0 Å². The van der Waals surface area contributed by atoms with Crippen molar-refractivity contribution in [2.24, 2.45) is 5.92 Å². The zero-order chi connectivity index (χ0) is 8.27. The molecule has 1 aliphatic rings. The molecule has 0 bridgehead atoms. The molecule has 2 atom stereocenters. The molecule has 1 radical (unpaired) electrons. The van der Waals surface area contributed by atoms with Gasteiger partial charge in [0.05, 0.1) is 5.92 Å². The monoisotopic (exact) mass is 260 g/mol. The minimum absolute atomic E-state index is 0. The summed E-state index contributed by atoms with van der Waals surface area (Å²) in [6.45, 7) is 0. The van der Waals surface area contributed by atoms with Crippen LogP contribution in [-0.2, 0) is 42.3 Å². The fraction of sp³-hybridized carbons (Fsp3) is 0.625.